The highest BCUT2D eigenvalue weighted by Crippen LogP contribution is 2.41. The predicted octanol–water partition coefficient (Wildman–Crippen LogP) is 5.01. The molecule has 0 aromatic carbocycles. The molecule has 1 amide bonds. The van der Waals surface area contributed by atoms with Gasteiger partial charge in [0, 0.05) is 56.6 Å². The molecule has 4 N–H and O–H groups in total. The maximum atomic E-state index is 17.0. The number of aliphatic hydroxyl groups excluding tert-OH is 1. The number of anilines is 1. The van der Waals surface area contributed by atoms with Gasteiger partial charge in [-0.3, -0.25) is 14.4 Å². The van der Waals surface area contributed by atoms with E-state index in [9.17, 15) is 23.4 Å². The summed E-state index contributed by atoms with van der Waals surface area (Å²) < 4.78 is 59.7. The highest BCUT2D eigenvalue weighted by atomic mass is 32.2. The maximum Gasteiger partial charge on any atom is 0.410 e. The van der Waals surface area contributed by atoms with Crippen molar-refractivity contribution in [1.82, 2.24) is 35.1 Å². The molecule has 2 aromatic heterocycles. The van der Waals surface area contributed by atoms with Gasteiger partial charge in [0.15, 0.2) is 17.7 Å². The fourth-order valence-corrected chi connectivity index (χ4v) is 9.34. The van der Waals surface area contributed by atoms with Crippen LogP contribution >= 0.6 is 12.1 Å². The number of carbonyl (C=O) groups is 3. The van der Waals surface area contributed by atoms with Crippen LogP contribution in [0.2, 0.25) is 0 Å². The summed E-state index contributed by atoms with van der Waals surface area (Å²) in [5, 5.41) is 23.5. The first-order valence-electron chi connectivity index (χ1n) is 21.7. The number of likely N-dealkylation sites (N-methyl/N-ethyl adjacent to an activating group) is 1. The van der Waals surface area contributed by atoms with Crippen LogP contribution < -0.4 is 11.1 Å². The number of ketones is 1. The van der Waals surface area contributed by atoms with Gasteiger partial charge in [0.1, 0.15) is 23.7 Å². The quantitative estimate of drug-likeness (QED) is 0.154. The monoisotopic (exact) mass is 912 g/mol. The Morgan fingerprint density at radius 2 is 1.76 bits per heavy atom. The van der Waals surface area contributed by atoms with Crippen LogP contribution in [0, 0.1) is 11.8 Å². The summed E-state index contributed by atoms with van der Waals surface area (Å²) in [7, 11) is 5.20. The Kier molecular flexibility index (Phi) is 18.3. The highest BCUT2D eigenvalue weighted by molar-refractivity contribution is 7.93. The number of rotatable bonds is 11. The molecule has 2 aromatic rings. The number of amides is 1. The number of aromatic nitrogens is 4. The molecule has 356 valence electrons. The number of halogens is 2. The molecule has 0 aliphatic carbocycles. The molecule has 0 saturated carbocycles. The van der Waals surface area contributed by atoms with E-state index < -0.39 is 77.3 Å². The summed E-state index contributed by atoms with van der Waals surface area (Å²) in [6, 6.07) is 3.92. The summed E-state index contributed by atoms with van der Waals surface area (Å²) in [5.41, 5.74) is 1.25. The second kappa shape index (κ2) is 22.1. The van der Waals surface area contributed by atoms with E-state index in [1.54, 1.807) is 54.7 Å². The van der Waals surface area contributed by atoms with Crippen molar-refractivity contribution >= 4 is 35.8 Å². The maximum absolute atomic E-state index is 17.0. The molecule has 17 nitrogen and oxygen atoms in total. The van der Waals surface area contributed by atoms with E-state index in [1.165, 1.54) is 20.3 Å². The lowest BCUT2D eigenvalue weighted by molar-refractivity contribution is -0.295. The standard InChI is InChI=1S/C42H67FN8O9.CH3FS/c1-12-31-42(8)34(51(39(55)60-42)19-14-13-18-50-23-29(47-48-50)28-16-15-17-32(44)46-28)27(5)45-22-24(2)21-40(6,56-11)36(26(4)35(53)41(7,43)38(54)58-31)59-37-33(52)30(49(9)10)20-25(3)57-37;1-3-2/h15-17,23-27,30-31,33-34,36-37,45,52H,12-14,18-22H2,1-11H3,(H2,44,46);1H3/t24-,25-,26-,27-,30?,31-,33?,34-,36-,37+,40-,41?,42-;/m1./s1. The number of nitrogens with one attached hydrogen (secondary N) is 1. The van der Waals surface area contributed by atoms with Crippen LogP contribution in [-0.4, -0.2) is 159 Å². The van der Waals surface area contributed by atoms with E-state index in [1.807, 2.05) is 39.8 Å². The predicted molar refractivity (Wildman–Crippen MR) is 235 cm³/mol. The van der Waals surface area contributed by atoms with Crippen molar-refractivity contribution in [3.05, 3.63) is 24.4 Å². The third kappa shape index (κ3) is 12.0. The molecule has 3 aliphatic rings. The van der Waals surface area contributed by atoms with Crippen LogP contribution in [0.15, 0.2) is 24.4 Å². The zero-order valence-corrected chi connectivity index (χ0v) is 39.7. The zero-order valence-electron chi connectivity index (χ0n) is 38.9. The lowest BCUT2D eigenvalue weighted by Crippen LogP contribution is -2.61. The second-order valence-electron chi connectivity index (χ2n) is 18.0. The summed E-state index contributed by atoms with van der Waals surface area (Å²) in [4.78, 5) is 49.9. The number of hydrogen-bond donors (Lipinski definition) is 3. The second-order valence-corrected chi connectivity index (χ2v) is 18.3. The number of aliphatic hydroxyl groups is 1. The minimum atomic E-state index is -3.14. The molecule has 0 radical (unpaired) electrons. The van der Waals surface area contributed by atoms with Crippen molar-refractivity contribution in [2.45, 2.75) is 160 Å². The van der Waals surface area contributed by atoms with E-state index in [-0.39, 0.29) is 36.6 Å². The van der Waals surface area contributed by atoms with Crippen LogP contribution in [0.1, 0.15) is 87.5 Å². The zero-order chi connectivity index (χ0) is 47.0. The van der Waals surface area contributed by atoms with Crippen molar-refractivity contribution in [1.29, 1.82) is 0 Å². The smallest absolute Gasteiger partial charge is 0.410 e. The molecule has 0 spiro atoms. The number of methoxy groups -OCH3 is 1. The number of ether oxygens (including phenoxy) is 5. The number of nitrogen functional groups attached to an aromatic ring is 1. The number of nitrogens with zero attached hydrogens (tertiary/aromatic N) is 6. The Morgan fingerprint density at radius 1 is 1.10 bits per heavy atom. The van der Waals surface area contributed by atoms with Gasteiger partial charge < -0.3 is 44.7 Å². The Hall–Kier alpha value is -3.53. The van der Waals surface area contributed by atoms with Crippen LogP contribution in [0.25, 0.3) is 11.4 Å². The molecule has 20 heteroatoms. The number of unbranched alkanes of at least 4 members (excludes halogenated alkanes) is 1. The first-order chi connectivity index (χ1) is 29.6. The fraction of sp³-hybridized carbons (Fsp3) is 0.767. The number of fused-ring (bicyclic) bond motifs is 1. The lowest BCUT2D eigenvalue weighted by atomic mass is 9.78. The minimum absolute atomic E-state index is 0.119. The largest absolute Gasteiger partial charge is 0.455 e. The van der Waals surface area contributed by atoms with Gasteiger partial charge in [-0.05, 0) is 105 Å². The van der Waals surface area contributed by atoms with Crippen LogP contribution in [0.3, 0.4) is 0 Å². The first kappa shape index (κ1) is 52.1. The van der Waals surface area contributed by atoms with Crippen molar-refractivity contribution in [2.75, 3.05) is 46.3 Å². The summed E-state index contributed by atoms with van der Waals surface area (Å²) in [6.07, 6.45) is -0.0205. The number of aryl methyl sites for hydroxylation is 1. The summed E-state index contributed by atoms with van der Waals surface area (Å²) in [5.74, 6) is -3.49. The number of carbonyl (C=O) groups excluding carboxylic acids is 3. The number of alkyl halides is 1. The molecule has 63 heavy (non-hydrogen) atoms. The normalized spacial score (nSPS) is 35.8. The Labute approximate surface area is 375 Å². The van der Waals surface area contributed by atoms with E-state index >= 15 is 4.39 Å². The van der Waals surface area contributed by atoms with Gasteiger partial charge in [0.05, 0.1) is 35.7 Å². The molecule has 3 fully saturated rings. The topological polar surface area (TPSA) is 206 Å². The van der Waals surface area contributed by atoms with Gasteiger partial charge in [0.2, 0.25) is 0 Å². The summed E-state index contributed by atoms with van der Waals surface area (Å²) >= 11 is 0.250. The van der Waals surface area contributed by atoms with Crippen LogP contribution in [-0.2, 0) is 39.8 Å². The third-order valence-electron chi connectivity index (χ3n) is 12.7. The van der Waals surface area contributed by atoms with Crippen molar-refractivity contribution in [3.8, 4) is 11.4 Å². The summed E-state index contributed by atoms with van der Waals surface area (Å²) in [6.45, 7) is 14.7. The molecule has 3 unspecified atom stereocenters. The molecular formula is C43H70F2N8O9S. The molecule has 5 heterocycles. The van der Waals surface area contributed by atoms with Crippen LogP contribution in [0.4, 0.5) is 18.9 Å². The molecular weight excluding hydrogens is 843 g/mol. The van der Waals surface area contributed by atoms with Gasteiger partial charge in [0.25, 0.3) is 5.67 Å². The van der Waals surface area contributed by atoms with Gasteiger partial charge in [-0.25, -0.2) is 19.0 Å². The molecule has 3 aliphatic heterocycles. The average molecular weight is 913 g/mol. The van der Waals surface area contributed by atoms with Crippen molar-refractivity contribution < 1.29 is 51.5 Å². The Morgan fingerprint density at radius 3 is 2.38 bits per heavy atom. The molecule has 3 saturated heterocycles. The van der Waals surface area contributed by atoms with Gasteiger partial charge in [-0.1, -0.05) is 32.1 Å². The SMILES string of the molecule is CC[C@H]1OC(=O)C(C)(F)C(=O)[C@@H](C)[C@@H](O[C@@H]2O[C@H](C)CC(N(C)C)C2O)[C@](C)(OC)C[C@@H](C)CN[C@H](C)[C@H]2N(CCCCn3cc(-c4cccc(N)n4)nn3)C(=O)O[C@]12C.CSF. The van der Waals surface area contributed by atoms with Crippen molar-refractivity contribution in [2.24, 2.45) is 11.8 Å². The van der Waals surface area contributed by atoms with Crippen molar-refractivity contribution in [3.63, 3.8) is 0 Å². The Bertz CT molecular complexity index is 1830. The van der Waals surface area contributed by atoms with Crippen LogP contribution in [0.5, 0.6) is 0 Å². The number of esters is 1. The fourth-order valence-electron chi connectivity index (χ4n) is 9.34. The minimum Gasteiger partial charge on any atom is -0.455 e. The number of Topliss-reactive ketones (excluding diaryl/α,β-unsaturated/α-hetero) is 1. The third-order valence-corrected chi connectivity index (χ3v) is 12.7. The molecule has 0 bridgehead atoms. The lowest BCUT2D eigenvalue weighted by Gasteiger charge is -2.47. The van der Waals surface area contributed by atoms with Gasteiger partial charge in [-0.15, -0.1) is 5.10 Å². The average Bonchev–Trinajstić information content (AvgIpc) is 3.81. The molecule has 5 rings (SSSR count). The van der Waals surface area contributed by atoms with E-state index in [0.29, 0.717) is 62.5 Å². The number of hydrogen-bond acceptors (Lipinski definition) is 16. The van der Waals surface area contributed by atoms with E-state index in [2.05, 4.69) is 20.6 Å². The van der Waals surface area contributed by atoms with Gasteiger partial charge in [-0.2, -0.15) is 3.89 Å². The number of pyridine rings is 1. The highest BCUT2D eigenvalue weighted by Gasteiger charge is 2.60. The Balaban J connectivity index is 0.00000282. The number of cyclic esters (lactones) is 1. The molecule has 13 atom stereocenters. The van der Waals surface area contributed by atoms with Gasteiger partial charge >= 0.3 is 12.1 Å². The van der Waals surface area contributed by atoms with E-state index in [0.717, 1.165) is 6.92 Å². The first-order valence-corrected chi connectivity index (χ1v) is 22.9. The number of nitrogens with two attached hydrogens (primary N) is 1. The van der Waals surface area contributed by atoms with E-state index in [4.69, 9.17) is 29.4 Å².